The largest absolute Gasteiger partial charge is 0.748 e. The van der Waals surface area contributed by atoms with E-state index in [1.54, 1.807) is 42.2 Å². The highest BCUT2D eigenvalue weighted by Crippen LogP contribution is 2.40. The van der Waals surface area contributed by atoms with Crippen molar-refractivity contribution in [1.29, 1.82) is 0 Å². The number of anilines is 1. The topological polar surface area (TPSA) is 155 Å². The molecule has 12 nitrogen and oxygen atoms in total. The van der Waals surface area contributed by atoms with Crippen molar-refractivity contribution in [3.05, 3.63) is 69.5 Å². The van der Waals surface area contributed by atoms with Gasteiger partial charge in [-0.3, -0.25) is 0 Å². The van der Waals surface area contributed by atoms with E-state index in [9.17, 15) is 26.2 Å². The predicted octanol–water partition coefficient (Wildman–Crippen LogP) is 4.36. The van der Waals surface area contributed by atoms with Gasteiger partial charge in [0.1, 0.15) is 4.70 Å². The van der Waals surface area contributed by atoms with Crippen LogP contribution in [0.1, 0.15) is 48.5 Å². The lowest BCUT2D eigenvalue weighted by molar-refractivity contribution is -0.668. The third-order valence-corrected chi connectivity index (χ3v) is 10.0. The zero-order valence-electron chi connectivity index (χ0n) is 24.9. The minimum Gasteiger partial charge on any atom is -0.748 e. The summed E-state index contributed by atoms with van der Waals surface area (Å²) in [6, 6.07) is 10.3. The molecular weight excluding hydrogens is 666 g/mol. The van der Waals surface area contributed by atoms with Gasteiger partial charge in [-0.25, -0.2) is 13.2 Å². The van der Waals surface area contributed by atoms with Gasteiger partial charge in [0.15, 0.2) is 12.3 Å². The number of hydrogen-bond acceptors (Lipinski definition) is 12. The van der Waals surface area contributed by atoms with E-state index in [1.165, 1.54) is 18.4 Å². The molecule has 0 atom stereocenters. The van der Waals surface area contributed by atoms with Crippen molar-refractivity contribution >= 4 is 71.1 Å². The molecular formula is C29H34ClN3O9S3. The highest BCUT2D eigenvalue weighted by molar-refractivity contribution is 7.86. The van der Waals surface area contributed by atoms with Crippen LogP contribution in [-0.2, 0) is 35.8 Å². The molecule has 1 aromatic heterocycles. The maximum atomic E-state index is 12.3. The number of fused-ring (bicyclic) bond motifs is 2. The Hall–Kier alpha value is -3.05. The number of aryl methyl sites for hydroxylation is 1. The Bertz CT molecular complexity index is 1840. The van der Waals surface area contributed by atoms with Crippen molar-refractivity contribution in [2.45, 2.75) is 39.7 Å². The van der Waals surface area contributed by atoms with Crippen LogP contribution in [-0.4, -0.2) is 59.1 Å². The van der Waals surface area contributed by atoms with Gasteiger partial charge in [0.25, 0.3) is 15.1 Å². The number of allylic oxidation sites excluding steroid dienone is 2. The molecule has 244 valence electrons. The lowest BCUT2D eigenvalue weighted by Crippen LogP contribution is -2.36. The van der Waals surface area contributed by atoms with E-state index in [0.29, 0.717) is 40.9 Å². The zero-order valence-corrected chi connectivity index (χ0v) is 28.2. The zero-order chi connectivity index (χ0) is 32.8. The summed E-state index contributed by atoms with van der Waals surface area (Å²) in [5, 5.41) is 1.34. The Balaban J connectivity index is 1.70. The number of rotatable bonds is 15. The van der Waals surface area contributed by atoms with Crippen LogP contribution >= 0.6 is 22.9 Å². The number of nitrogens with zero attached hydrogens (tertiary/aromatic N) is 2. The summed E-state index contributed by atoms with van der Waals surface area (Å²) >= 11 is 7.76. The number of hydrogen-bond donors (Lipinski definition) is 1. The summed E-state index contributed by atoms with van der Waals surface area (Å²) < 4.78 is 77.1. The molecule has 4 rings (SSSR count). The monoisotopic (exact) mass is 699 g/mol. The third-order valence-electron chi connectivity index (χ3n) is 6.75. The van der Waals surface area contributed by atoms with Gasteiger partial charge >= 0.3 is 5.97 Å². The average Bonchev–Trinajstić information content (AvgIpc) is 3.50. The van der Waals surface area contributed by atoms with E-state index in [0.717, 1.165) is 20.8 Å². The van der Waals surface area contributed by atoms with Gasteiger partial charge < -0.3 is 18.9 Å². The van der Waals surface area contributed by atoms with Crippen molar-refractivity contribution in [3.8, 4) is 5.75 Å². The number of methoxy groups -OCH3 is 1. The predicted molar refractivity (Wildman–Crippen MR) is 171 cm³/mol. The van der Waals surface area contributed by atoms with Crippen LogP contribution in [0.25, 0.3) is 16.3 Å². The smallest absolute Gasteiger partial charge is 0.337 e. The highest BCUT2D eigenvalue weighted by atomic mass is 35.5. The molecule has 1 aliphatic rings. The standard InChI is InChI=1S/C29H34ClN3O9S3/c1-4-20(17-28-33(13-6-14-44(35,36)37)24-19-22(30)9-11-26(24)43-28)16-27-32(12-7-15-45(38,39)42-31-5-2)23-18-21(29(34)40-3)8-10-25(23)41-27/h8-11,16-19,31H,4-7,12-15H2,1-3H3. The van der Waals surface area contributed by atoms with Gasteiger partial charge in [-0.1, -0.05) is 36.8 Å². The van der Waals surface area contributed by atoms with Gasteiger partial charge in [0.05, 0.1) is 34.2 Å². The van der Waals surface area contributed by atoms with Gasteiger partial charge in [-0.05, 0) is 48.7 Å². The van der Waals surface area contributed by atoms with Crippen LogP contribution in [0, 0.1) is 0 Å². The van der Waals surface area contributed by atoms with Gasteiger partial charge in [-0.2, -0.15) is 22.7 Å². The Morgan fingerprint density at radius 2 is 1.91 bits per heavy atom. The number of carbonyl (C=O) groups excluding carboxylic acids is 1. The van der Waals surface area contributed by atoms with Crippen LogP contribution < -0.4 is 19.7 Å². The Kier molecular flexibility index (Phi) is 11.6. The van der Waals surface area contributed by atoms with E-state index >= 15 is 0 Å². The SMILES string of the molecule is CCNOS(=O)(=O)CCCN1C(=CC(=Cc2sc3ccc(Cl)cc3[n+]2CCCS(=O)(=O)[O-])CC)Oc2ccc(C(=O)OC)cc21. The fourth-order valence-electron chi connectivity index (χ4n) is 4.65. The summed E-state index contributed by atoms with van der Waals surface area (Å²) in [7, 11) is -6.90. The molecule has 1 N–H and O–H groups in total. The van der Waals surface area contributed by atoms with E-state index in [4.69, 9.17) is 25.4 Å². The van der Waals surface area contributed by atoms with Crippen LogP contribution in [0.2, 0.25) is 5.02 Å². The molecule has 2 heterocycles. The first-order valence-electron chi connectivity index (χ1n) is 14.1. The van der Waals surface area contributed by atoms with Crippen LogP contribution in [0.4, 0.5) is 5.69 Å². The third kappa shape index (κ3) is 9.25. The van der Waals surface area contributed by atoms with E-state index in [2.05, 4.69) is 5.48 Å². The van der Waals surface area contributed by atoms with Crippen molar-refractivity contribution in [3.63, 3.8) is 0 Å². The Morgan fingerprint density at radius 3 is 2.60 bits per heavy atom. The normalized spacial score (nSPS) is 14.6. The van der Waals surface area contributed by atoms with E-state index in [1.807, 2.05) is 29.7 Å². The molecule has 0 radical (unpaired) electrons. The minimum atomic E-state index is -4.37. The first-order valence-corrected chi connectivity index (χ1v) is 18.5. The van der Waals surface area contributed by atoms with Crippen LogP contribution in [0.15, 0.2) is 53.9 Å². The molecule has 3 aromatic rings. The first-order chi connectivity index (χ1) is 21.3. The molecule has 0 bridgehead atoms. The number of aromatic nitrogens is 1. The number of hydroxylamine groups is 1. The van der Waals surface area contributed by atoms with Crippen molar-refractivity contribution in [2.75, 3.05) is 36.6 Å². The Labute approximate surface area is 271 Å². The summed E-state index contributed by atoms with van der Waals surface area (Å²) in [6.07, 6.45) is 4.70. The molecule has 0 spiro atoms. The maximum absolute atomic E-state index is 12.3. The van der Waals surface area contributed by atoms with Crippen LogP contribution in [0.3, 0.4) is 0 Å². The van der Waals surface area contributed by atoms with Crippen molar-refractivity contribution in [1.82, 2.24) is 5.48 Å². The molecule has 2 aromatic carbocycles. The molecule has 0 unspecified atom stereocenters. The molecule has 16 heteroatoms. The number of nitrogens with one attached hydrogen (secondary N) is 1. The average molecular weight is 700 g/mol. The maximum Gasteiger partial charge on any atom is 0.337 e. The number of carbonyl (C=O) groups is 1. The fourth-order valence-corrected chi connectivity index (χ4v) is 7.31. The summed E-state index contributed by atoms with van der Waals surface area (Å²) in [6.45, 7) is 4.53. The number of esters is 1. The molecule has 0 saturated heterocycles. The highest BCUT2D eigenvalue weighted by Gasteiger charge is 2.29. The van der Waals surface area contributed by atoms with E-state index in [-0.39, 0.29) is 31.7 Å². The van der Waals surface area contributed by atoms with Gasteiger partial charge in [0, 0.05) is 48.5 Å². The van der Waals surface area contributed by atoms with Crippen molar-refractivity contribution in [2.24, 2.45) is 0 Å². The second-order valence-corrected chi connectivity index (χ2v) is 14.7. The molecule has 0 saturated carbocycles. The quantitative estimate of drug-likeness (QED) is 0.104. The number of halogens is 1. The Morgan fingerprint density at radius 1 is 1.13 bits per heavy atom. The summed E-state index contributed by atoms with van der Waals surface area (Å²) in [4.78, 5) is 14.1. The van der Waals surface area contributed by atoms with Gasteiger partial charge in [0.2, 0.25) is 11.4 Å². The summed E-state index contributed by atoms with van der Waals surface area (Å²) in [5.74, 6) is -0.351. The van der Waals surface area contributed by atoms with E-state index < -0.39 is 32.0 Å². The lowest BCUT2D eigenvalue weighted by Gasteiger charge is -2.19. The molecule has 0 fully saturated rings. The first kappa shape index (κ1) is 34.8. The molecule has 1 aliphatic heterocycles. The second-order valence-electron chi connectivity index (χ2n) is 10.00. The van der Waals surface area contributed by atoms with Crippen LogP contribution in [0.5, 0.6) is 5.75 Å². The van der Waals surface area contributed by atoms with Gasteiger partial charge in [-0.15, -0.1) is 0 Å². The van der Waals surface area contributed by atoms with Crippen molar-refractivity contribution < 1.29 is 44.5 Å². The molecule has 0 amide bonds. The summed E-state index contributed by atoms with van der Waals surface area (Å²) in [5.41, 5.74) is 4.91. The lowest BCUT2D eigenvalue weighted by atomic mass is 10.1. The fraction of sp³-hybridized carbons (Fsp3) is 0.379. The number of thiazole rings is 1. The number of ether oxygens (including phenoxy) is 2. The minimum absolute atomic E-state index is 0.132. The second kappa shape index (κ2) is 15.0. The molecule has 45 heavy (non-hydrogen) atoms. The number of benzene rings is 2. The molecule has 0 aliphatic carbocycles.